The Hall–Kier alpha value is -3.00. The summed E-state index contributed by atoms with van der Waals surface area (Å²) in [5, 5.41) is 7.30. The molecule has 0 saturated carbocycles. The van der Waals surface area contributed by atoms with Gasteiger partial charge in [-0.05, 0) is 18.2 Å². The molecule has 4 rings (SSSR count). The third-order valence-corrected chi connectivity index (χ3v) is 4.21. The first kappa shape index (κ1) is 15.5. The molecule has 0 saturated heterocycles. The molecule has 4 heterocycles. The van der Waals surface area contributed by atoms with Crippen LogP contribution in [0.5, 0.6) is 0 Å². The topological polar surface area (TPSA) is 91.7 Å². The van der Waals surface area contributed by atoms with Crippen molar-refractivity contribution < 1.29 is 4.79 Å². The Morgan fingerprint density at radius 1 is 1.32 bits per heavy atom. The molecule has 0 atom stereocenters. The Balaban J connectivity index is 1.38. The van der Waals surface area contributed by atoms with E-state index in [1.54, 1.807) is 12.5 Å². The Kier molecular flexibility index (Phi) is 4.26. The van der Waals surface area contributed by atoms with E-state index in [1.165, 1.54) is 0 Å². The van der Waals surface area contributed by atoms with E-state index < -0.39 is 0 Å². The minimum atomic E-state index is -0.173. The van der Waals surface area contributed by atoms with Gasteiger partial charge in [0.2, 0.25) is 0 Å². The molecule has 128 valence electrons. The molecule has 0 spiro atoms. The SMILES string of the molecule is O=C(NCc1ccccn1)c1cc2n(n1)CCN(Cc1cnc[nH]1)C2. The van der Waals surface area contributed by atoms with Gasteiger partial charge in [-0.2, -0.15) is 5.10 Å². The summed E-state index contributed by atoms with van der Waals surface area (Å²) < 4.78 is 1.92. The molecule has 0 aromatic carbocycles. The lowest BCUT2D eigenvalue weighted by molar-refractivity contribution is 0.0944. The molecule has 3 aromatic heterocycles. The number of aromatic amines is 1. The summed E-state index contributed by atoms with van der Waals surface area (Å²) in [6.45, 7) is 3.64. The maximum absolute atomic E-state index is 12.3. The first-order valence-electron chi connectivity index (χ1n) is 8.22. The quantitative estimate of drug-likeness (QED) is 0.723. The van der Waals surface area contributed by atoms with Crippen molar-refractivity contribution in [2.75, 3.05) is 6.54 Å². The number of nitrogens with one attached hydrogen (secondary N) is 2. The molecule has 1 amide bonds. The van der Waals surface area contributed by atoms with E-state index in [-0.39, 0.29) is 5.91 Å². The van der Waals surface area contributed by atoms with Crippen molar-refractivity contribution in [1.82, 2.24) is 34.9 Å². The standard InChI is InChI=1S/C17H19N7O/c25-17(20-9-13-3-1-2-4-19-13)16-7-15-11-23(5-6-24(15)22-16)10-14-8-18-12-21-14/h1-4,7-8,12H,5-6,9-11H2,(H,18,21)(H,20,25). The number of hydrogen-bond acceptors (Lipinski definition) is 5. The largest absolute Gasteiger partial charge is 0.347 e. The van der Waals surface area contributed by atoms with Gasteiger partial charge in [-0.3, -0.25) is 19.4 Å². The predicted molar refractivity (Wildman–Crippen MR) is 90.3 cm³/mol. The molecule has 2 N–H and O–H groups in total. The smallest absolute Gasteiger partial charge is 0.272 e. The maximum Gasteiger partial charge on any atom is 0.272 e. The number of imidazole rings is 1. The average Bonchev–Trinajstić information content (AvgIpc) is 3.30. The summed E-state index contributed by atoms with van der Waals surface area (Å²) in [6, 6.07) is 7.50. The summed E-state index contributed by atoms with van der Waals surface area (Å²) in [5.41, 5.74) is 3.41. The summed E-state index contributed by atoms with van der Waals surface area (Å²) in [6.07, 6.45) is 5.24. The van der Waals surface area contributed by atoms with E-state index in [4.69, 9.17) is 0 Å². The van der Waals surface area contributed by atoms with Gasteiger partial charge in [0.05, 0.1) is 30.8 Å². The Labute approximate surface area is 144 Å². The molecule has 1 aliphatic heterocycles. The number of aromatic nitrogens is 5. The van der Waals surface area contributed by atoms with Crippen LogP contribution in [0.3, 0.4) is 0 Å². The third kappa shape index (κ3) is 3.58. The van der Waals surface area contributed by atoms with Gasteiger partial charge in [-0.25, -0.2) is 4.98 Å². The van der Waals surface area contributed by atoms with Gasteiger partial charge in [-0.1, -0.05) is 6.07 Å². The molecule has 25 heavy (non-hydrogen) atoms. The van der Waals surface area contributed by atoms with Crippen LogP contribution < -0.4 is 5.32 Å². The average molecular weight is 337 g/mol. The molecule has 1 aliphatic rings. The minimum absolute atomic E-state index is 0.173. The fourth-order valence-corrected chi connectivity index (χ4v) is 2.94. The number of pyridine rings is 1. The third-order valence-electron chi connectivity index (χ3n) is 4.21. The lowest BCUT2D eigenvalue weighted by Crippen LogP contribution is -2.33. The van der Waals surface area contributed by atoms with Gasteiger partial charge in [0, 0.05) is 37.7 Å². The van der Waals surface area contributed by atoms with E-state index in [1.807, 2.05) is 35.1 Å². The van der Waals surface area contributed by atoms with Crippen molar-refractivity contribution in [1.29, 1.82) is 0 Å². The zero-order chi connectivity index (χ0) is 17.1. The normalized spacial score (nSPS) is 14.2. The van der Waals surface area contributed by atoms with E-state index in [9.17, 15) is 4.79 Å². The highest BCUT2D eigenvalue weighted by Gasteiger charge is 2.21. The van der Waals surface area contributed by atoms with Gasteiger partial charge < -0.3 is 10.3 Å². The molecule has 8 heteroatoms. The summed E-state index contributed by atoms with van der Waals surface area (Å²) in [5.74, 6) is -0.173. The van der Waals surface area contributed by atoms with Crippen LogP contribution in [0, 0.1) is 0 Å². The second kappa shape index (κ2) is 6.86. The van der Waals surface area contributed by atoms with Crippen LogP contribution >= 0.6 is 0 Å². The Morgan fingerprint density at radius 3 is 3.08 bits per heavy atom. The predicted octanol–water partition coefficient (Wildman–Crippen LogP) is 0.947. The van der Waals surface area contributed by atoms with Crippen molar-refractivity contribution in [3.63, 3.8) is 0 Å². The number of amides is 1. The van der Waals surface area contributed by atoms with Gasteiger partial charge in [0.25, 0.3) is 5.91 Å². The second-order valence-corrected chi connectivity index (χ2v) is 6.04. The number of nitrogens with zero attached hydrogens (tertiary/aromatic N) is 5. The van der Waals surface area contributed by atoms with Crippen molar-refractivity contribution in [2.24, 2.45) is 0 Å². The molecule has 0 aliphatic carbocycles. The number of fused-ring (bicyclic) bond motifs is 1. The van der Waals surface area contributed by atoms with Crippen LogP contribution in [0.1, 0.15) is 27.6 Å². The zero-order valence-corrected chi connectivity index (χ0v) is 13.7. The Bertz CT molecular complexity index is 841. The van der Waals surface area contributed by atoms with Crippen LogP contribution in [-0.2, 0) is 26.2 Å². The first-order chi connectivity index (χ1) is 12.3. The lowest BCUT2D eigenvalue weighted by Gasteiger charge is -2.26. The number of rotatable bonds is 5. The monoisotopic (exact) mass is 337 g/mol. The molecule has 0 radical (unpaired) electrons. The summed E-state index contributed by atoms with van der Waals surface area (Å²) in [7, 11) is 0. The van der Waals surface area contributed by atoms with Crippen molar-refractivity contribution >= 4 is 5.91 Å². The minimum Gasteiger partial charge on any atom is -0.347 e. The Morgan fingerprint density at radius 2 is 2.28 bits per heavy atom. The van der Waals surface area contributed by atoms with Crippen LogP contribution in [-0.4, -0.2) is 42.1 Å². The van der Waals surface area contributed by atoms with E-state index in [2.05, 4.69) is 30.3 Å². The fourth-order valence-electron chi connectivity index (χ4n) is 2.94. The molecular formula is C17H19N7O. The zero-order valence-electron chi connectivity index (χ0n) is 13.7. The molecule has 0 fully saturated rings. The number of H-pyrrole nitrogens is 1. The number of carbonyl (C=O) groups excluding carboxylic acids is 1. The van der Waals surface area contributed by atoms with Gasteiger partial charge in [0.1, 0.15) is 0 Å². The van der Waals surface area contributed by atoms with Gasteiger partial charge >= 0.3 is 0 Å². The fraction of sp³-hybridized carbons (Fsp3) is 0.294. The van der Waals surface area contributed by atoms with Gasteiger partial charge in [-0.15, -0.1) is 0 Å². The number of hydrogen-bond donors (Lipinski definition) is 2. The van der Waals surface area contributed by atoms with Gasteiger partial charge in [0.15, 0.2) is 5.69 Å². The summed E-state index contributed by atoms with van der Waals surface area (Å²) >= 11 is 0. The van der Waals surface area contributed by atoms with Crippen molar-refractivity contribution in [3.8, 4) is 0 Å². The highest BCUT2D eigenvalue weighted by Crippen LogP contribution is 2.15. The van der Waals surface area contributed by atoms with Crippen LogP contribution in [0.4, 0.5) is 0 Å². The van der Waals surface area contributed by atoms with Crippen molar-refractivity contribution in [2.45, 2.75) is 26.2 Å². The van der Waals surface area contributed by atoms with E-state index in [0.29, 0.717) is 12.2 Å². The highest BCUT2D eigenvalue weighted by molar-refractivity contribution is 5.92. The van der Waals surface area contributed by atoms with Crippen LogP contribution in [0.15, 0.2) is 43.0 Å². The molecule has 8 nitrogen and oxygen atoms in total. The molecule has 0 unspecified atom stereocenters. The second-order valence-electron chi connectivity index (χ2n) is 6.04. The van der Waals surface area contributed by atoms with E-state index in [0.717, 1.165) is 43.3 Å². The molecule has 0 bridgehead atoms. The van der Waals surface area contributed by atoms with Crippen LogP contribution in [0.2, 0.25) is 0 Å². The highest BCUT2D eigenvalue weighted by atomic mass is 16.1. The lowest BCUT2D eigenvalue weighted by atomic mass is 10.2. The van der Waals surface area contributed by atoms with E-state index >= 15 is 0 Å². The maximum atomic E-state index is 12.3. The van der Waals surface area contributed by atoms with Crippen LogP contribution in [0.25, 0.3) is 0 Å². The van der Waals surface area contributed by atoms with Crippen molar-refractivity contribution in [3.05, 3.63) is 65.8 Å². The molecule has 3 aromatic rings. The number of carbonyl (C=O) groups is 1. The summed E-state index contributed by atoms with van der Waals surface area (Å²) in [4.78, 5) is 26.0. The first-order valence-corrected chi connectivity index (χ1v) is 8.22. The molecular weight excluding hydrogens is 318 g/mol.